The molecular weight excluding hydrogens is 393 g/mol. The number of aromatic nitrogens is 2. The van der Waals surface area contributed by atoms with E-state index in [2.05, 4.69) is 9.55 Å². The molecule has 0 atom stereocenters. The SMILES string of the molecule is COCCn1c(SCC(=O)N(C)Cc2ccc(OC)c(F)c2)nc2ccccc21. The molecule has 0 radical (unpaired) electrons. The van der Waals surface area contributed by atoms with Crippen LogP contribution in [-0.2, 0) is 22.6 Å². The maximum atomic E-state index is 13.9. The van der Waals surface area contributed by atoms with Crippen molar-refractivity contribution in [2.45, 2.75) is 18.2 Å². The molecule has 1 amide bonds. The topological polar surface area (TPSA) is 56.6 Å². The predicted molar refractivity (Wildman–Crippen MR) is 112 cm³/mol. The predicted octanol–water partition coefficient (Wildman–Crippen LogP) is 3.58. The zero-order valence-corrected chi connectivity index (χ0v) is 17.5. The van der Waals surface area contributed by atoms with E-state index in [0.717, 1.165) is 16.2 Å². The minimum absolute atomic E-state index is 0.0587. The molecule has 0 unspecified atom stereocenters. The molecule has 8 heteroatoms. The first-order chi connectivity index (χ1) is 14.0. The van der Waals surface area contributed by atoms with Gasteiger partial charge in [-0.05, 0) is 29.8 Å². The summed E-state index contributed by atoms with van der Waals surface area (Å²) in [6.45, 7) is 1.54. The van der Waals surface area contributed by atoms with Gasteiger partial charge in [-0.15, -0.1) is 0 Å². The molecule has 0 spiro atoms. The van der Waals surface area contributed by atoms with Crippen LogP contribution in [0.4, 0.5) is 4.39 Å². The Kier molecular flexibility index (Phi) is 7.11. The van der Waals surface area contributed by atoms with Gasteiger partial charge < -0.3 is 18.9 Å². The number of carbonyl (C=O) groups is 1. The summed E-state index contributed by atoms with van der Waals surface area (Å²) in [6.07, 6.45) is 0. The number of hydrogen-bond donors (Lipinski definition) is 0. The van der Waals surface area contributed by atoms with Crippen LogP contribution in [0.15, 0.2) is 47.6 Å². The van der Waals surface area contributed by atoms with E-state index in [4.69, 9.17) is 9.47 Å². The molecule has 3 aromatic rings. The summed E-state index contributed by atoms with van der Waals surface area (Å²) in [5, 5.41) is 0.778. The van der Waals surface area contributed by atoms with Gasteiger partial charge in [-0.25, -0.2) is 9.37 Å². The number of halogens is 1. The van der Waals surface area contributed by atoms with Crippen LogP contribution < -0.4 is 4.74 Å². The van der Waals surface area contributed by atoms with Crippen molar-refractivity contribution < 1.29 is 18.7 Å². The average molecular weight is 418 g/mol. The number of fused-ring (bicyclic) bond motifs is 1. The van der Waals surface area contributed by atoms with Crippen LogP contribution in [0.2, 0.25) is 0 Å². The molecule has 29 heavy (non-hydrogen) atoms. The lowest BCUT2D eigenvalue weighted by Gasteiger charge is -2.17. The Morgan fingerprint density at radius 1 is 1.24 bits per heavy atom. The van der Waals surface area contributed by atoms with E-state index in [-0.39, 0.29) is 17.4 Å². The summed E-state index contributed by atoms with van der Waals surface area (Å²) >= 11 is 1.39. The zero-order valence-electron chi connectivity index (χ0n) is 16.7. The molecule has 0 saturated heterocycles. The third kappa shape index (κ3) is 5.07. The molecule has 3 rings (SSSR count). The maximum absolute atomic E-state index is 13.9. The standard InChI is InChI=1S/C21H24FN3O3S/c1-24(13-15-8-9-19(28-3)16(22)12-15)20(26)14-29-21-23-17-6-4-5-7-18(17)25(21)10-11-27-2/h4-9,12H,10-11,13-14H2,1-3H3. The molecule has 154 valence electrons. The van der Waals surface area contributed by atoms with Crippen molar-refractivity contribution in [3.8, 4) is 5.75 Å². The molecule has 2 aromatic carbocycles. The molecule has 0 aliphatic rings. The average Bonchev–Trinajstić information content (AvgIpc) is 3.08. The monoisotopic (exact) mass is 417 g/mol. The Morgan fingerprint density at radius 2 is 2.03 bits per heavy atom. The summed E-state index contributed by atoms with van der Waals surface area (Å²) in [5.74, 6) is -0.0669. The van der Waals surface area contributed by atoms with E-state index in [0.29, 0.717) is 25.3 Å². The Balaban J connectivity index is 1.66. The summed E-state index contributed by atoms with van der Waals surface area (Å²) in [4.78, 5) is 18.8. The zero-order chi connectivity index (χ0) is 20.8. The number of benzene rings is 2. The van der Waals surface area contributed by atoms with Gasteiger partial charge in [0.05, 0.1) is 30.5 Å². The molecule has 0 bridgehead atoms. The van der Waals surface area contributed by atoms with Crippen molar-refractivity contribution in [2.24, 2.45) is 0 Å². The third-order valence-electron chi connectivity index (χ3n) is 4.52. The molecule has 0 saturated carbocycles. The Labute approximate surface area is 173 Å². The van der Waals surface area contributed by atoms with Crippen LogP contribution in [0.5, 0.6) is 5.75 Å². The van der Waals surface area contributed by atoms with E-state index in [1.54, 1.807) is 31.2 Å². The smallest absolute Gasteiger partial charge is 0.233 e. The quantitative estimate of drug-likeness (QED) is 0.498. The largest absolute Gasteiger partial charge is 0.494 e. The first-order valence-electron chi connectivity index (χ1n) is 9.17. The fraction of sp³-hybridized carbons (Fsp3) is 0.333. The van der Waals surface area contributed by atoms with E-state index < -0.39 is 5.82 Å². The van der Waals surface area contributed by atoms with Crippen LogP contribution in [0, 0.1) is 5.82 Å². The molecular formula is C21H24FN3O3S. The van der Waals surface area contributed by atoms with Crippen LogP contribution in [0.3, 0.4) is 0 Å². The number of rotatable bonds is 9. The number of methoxy groups -OCH3 is 2. The Hall–Kier alpha value is -2.58. The van der Waals surface area contributed by atoms with E-state index in [9.17, 15) is 9.18 Å². The van der Waals surface area contributed by atoms with Gasteiger partial charge in [0.25, 0.3) is 0 Å². The Morgan fingerprint density at radius 3 is 2.76 bits per heavy atom. The summed E-state index contributed by atoms with van der Waals surface area (Å²) in [5.41, 5.74) is 2.61. The highest BCUT2D eigenvalue weighted by Crippen LogP contribution is 2.24. The third-order valence-corrected chi connectivity index (χ3v) is 5.49. The van der Waals surface area contributed by atoms with Crippen molar-refractivity contribution in [2.75, 3.05) is 33.6 Å². The van der Waals surface area contributed by atoms with Crippen LogP contribution in [0.1, 0.15) is 5.56 Å². The van der Waals surface area contributed by atoms with Crippen molar-refractivity contribution in [1.29, 1.82) is 0 Å². The van der Waals surface area contributed by atoms with E-state index >= 15 is 0 Å². The van der Waals surface area contributed by atoms with E-state index in [1.807, 2.05) is 24.3 Å². The van der Waals surface area contributed by atoms with Crippen molar-refractivity contribution >= 4 is 28.7 Å². The number of ether oxygens (including phenoxy) is 2. The second kappa shape index (κ2) is 9.76. The molecule has 6 nitrogen and oxygen atoms in total. The second-order valence-corrected chi connectivity index (χ2v) is 7.48. The highest BCUT2D eigenvalue weighted by Gasteiger charge is 2.15. The molecule has 1 aromatic heterocycles. The van der Waals surface area contributed by atoms with Crippen LogP contribution in [0.25, 0.3) is 11.0 Å². The second-order valence-electron chi connectivity index (χ2n) is 6.53. The first-order valence-corrected chi connectivity index (χ1v) is 10.2. The van der Waals surface area contributed by atoms with E-state index in [1.165, 1.54) is 24.9 Å². The molecule has 1 heterocycles. The number of para-hydroxylation sites is 2. The molecule has 0 aliphatic heterocycles. The van der Waals surface area contributed by atoms with Gasteiger partial charge in [0.15, 0.2) is 16.7 Å². The van der Waals surface area contributed by atoms with Crippen LogP contribution >= 0.6 is 11.8 Å². The normalized spacial score (nSPS) is 11.0. The fourth-order valence-corrected chi connectivity index (χ4v) is 3.95. The van der Waals surface area contributed by atoms with Gasteiger partial charge >= 0.3 is 0 Å². The maximum Gasteiger partial charge on any atom is 0.233 e. The highest BCUT2D eigenvalue weighted by atomic mass is 32.2. The lowest BCUT2D eigenvalue weighted by Crippen LogP contribution is -2.28. The molecule has 0 fully saturated rings. The summed E-state index contributed by atoms with van der Waals surface area (Å²) in [7, 11) is 4.79. The summed E-state index contributed by atoms with van der Waals surface area (Å²) in [6, 6.07) is 12.6. The lowest BCUT2D eigenvalue weighted by atomic mass is 10.2. The van der Waals surface area contributed by atoms with Gasteiger partial charge in [-0.2, -0.15) is 0 Å². The Bertz CT molecular complexity index is 992. The number of nitrogens with zero attached hydrogens (tertiary/aromatic N) is 3. The van der Waals surface area contributed by atoms with Crippen molar-refractivity contribution in [3.05, 3.63) is 53.8 Å². The van der Waals surface area contributed by atoms with Gasteiger partial charge in [0.1, 0.15) is 0 Å². The minimum Gasteiger partial charge on any atom is -0.494 e. The number of imidazole rings is 1. The van der Waals surface area contributed by atoms with Gasteiger partial charge in [0, 0.05) is 27.2 Å². The number of carbonyl (C=O) groups excluding carboxylic acids is 1. The lowest BCUT2D eigenvalue weighted by molar-refractivity contribution is -0.127. The molecule has 0 N–H and O–H groups in total. The fourth-order valence-electron chi connectivity index (χ4n) is 2.97. The van der Waals surface area contributed by atoms with Crippen molar-refractivity contribution in [3.63, 3.8) is 0 Å². The van der Waals surface area contributed by atoms with Crippen molar-refractivity contribution in [1.82, 2.24) is 14.5 Å². The minimum atomic E-state index is -0.438. The molecule has 0 aliphatic carbocycles. The first kappa shape index (κ1) is 21.1. The number of thioether (sulfide) groups is 1. The van der Waals surface area contributed by atoms with Gasteiger partial charge in [-0.1, -0.05) is 30.0 Å². The number of amides is 1. The number of hydrogen-bond acceptors (Lipinski definition) is 5. The van der Waals surface area contributed by atoms with Gasteiger partial charge in [0.2, 0.25) is 5.91 Å². The van der Waals surface area contributed by atoms with Crippen LogP contribution in [-0.4, -0.2) is 54.0 Å². The van der Waals surface area contributed by atoms with Gasteiger partial charge in [-0.3, -0.25) is 4.79 Å². The summed E-state index contributed by atoms with van der Waals surface area (Å²) < 4.78 is 26.1. The highest BCUT2D eigenvalue weighted by molar-refractivity contribution is 7.99.